The maximum Gasteiger partial charge on any atom is 0.329 e. The van der Waals surface area contributed by atoms with Crippen LogP contribution >= 0.6 is 15.9 Å². The predicted molar refractivity (Wildman–Crippen MR) is 75.7 cm³/mol. The Balaban J connectivity index is 2.49. The predicted octanol–water partition coefficient (Wildman–Crippen LogP) is 2.96. The molecule has 6 heteroatoms. The van der Waals surface area contributed by atoms with Crippen molar-refractivity contribution in [2.75, 3.05) is 6.61 Å². The van der Waals surface area contributed by atoms with Gasteiger partial charge in [-0.3, -0.25) is 0 Å². The minimum atomic E-state index is -0.242. The van der Waals surface area contributed by atoms with Crippen LogP contribution in [0.25, 0.3) is 4.48 Å². The molecule has 1 saturated heterocycles. The molecule has 98 valence electrons. The first-order valence-corrected chi connectivity index (χ1v) is 6.73. The summed E-state index contributed by atoms with van der Waals surface area (Å²) in [4.78, 5) is 18.8. The van der Waals surface area contributed by atoms with E-state index in [1.54, 1.807) is 4.57 Å². The summed E-state index contributed by atoms with van der Waals surface area (Å²) < 4.78 is 7.97. The van der Waals surface area contributed by atoms with E-state index in [0.717, 1.165) is 23.7 Å². The Morgan fingerprint density at radius 2 is 2.44 bits per heavy atom. The summed E-state index contributed by atoms with van der Waals surface area (Å²) in [6.07, 6.45) is 4.53. The maximum absolute atomic E-state index is 12.0. The van der Waals surface area contributed by atoms with Crippen LogP contribution in [0.3, 0.4) is 0 Å². The van der Waals surface area contributed by atoms with E-state index in [9.17, 15) is 4.79 Å². The Morgan fingerprint density at radius 3 is 3.00 bits per heavy atom. The summed E-state index contributed by atoms with van der Waals surface area (Å²) in [7, 11) is 0. The van der Waals surface area contributed by atoms with Gasteiger partial charge >= 0.3 is 5.69 Å². The molecule has 0 aromatic carbocycles. The lowest BCUT2D eigenvalue weighted by atomic mass is 10.2. The molecule has 0 spiro atoms. The minimum Gasteiger partial charge on any atom is -0.358 e. The molecule has 1 aliphatic heterocycles. The first kappa shape index (κ1) is 13.3. The van der Waals surface area contributed by atoms with Crippen LogP contribution in [-0.2, 0) is 4.74 Å². The molecule has 1 aromatic heterocycles. The van der Waals surface area contributed by atoms with E-state index in [1.807, 2.05) is 13.0 Å². The number of ether oxygens (including phenoxy) is 1. The van der Waals surface area contributed by atoms with Crippen molar-refractivity contribution in [2.24, 2.45) is 4.99 Å². The molecule has 0 amide bonds. The topological polar surface area (TPSA) is 59.4 Å². The van der Waals surface area contributed by atoms with Gasteiger partial charge in [0.2, 0.25) is 0 Å². The van der Waals surface area contributed by atoms with Crippen LogP contribution in [0, 0.1) is 0 Å². The highest BCUT2D eigenvalue weighted by Gasteiger charge is 2.23. The van der Waals surface area contributed by atoms with Crippen molar-refractivity contribution < 1.29 is 4.74 Å². The number of aromatic amines is 1. The molecule has 1 aliphatic rings. The van der Waals surface area contributed by atoms with Crippen LogP contribution in [0.5, 0.6) is 0 Å². The van der Waals surface area contributed by atoms with Gasteiger partial charge < -0.3 is 9.72 Å². The van der Waals surface area contributed by atoms with Gasteiger partial charge in [0.05, 0.1) is 5.69 Å². The molecular formula is C12H16BrN3O2. The molecule has 18 heavy (non-hydrogen) atoms. The molecule has 1 atom stereocenters. The third kappa shape index (κ3) is 2.35. The SMILES string of the molecule is C=Nc1c(/C(Br)=C\C)[nH]c(=O)n1C1CCCCO1. The number of aliphatic imine (C=N–C) groups is 1. The van der Waals surface area contributed by atoms with Crippen molar-refractivity contribution in [1.29, 1.82) is 0 Å². The third-order valence-corrected chi connectivity index (χ3v) is 3.84. The summed E-state index contributed by atoms with van der Waals surface area (Å²) >= 11 is 3.40. The third-order valence-electron chi connectivity index (χ3n) is 2.99. The molecule has 1 N–H and O–H groups in total. The molecule has 1 fully saturated rings. The van der Waals surface area contributed by atoms with Gasteiger partial charge in [-0.2, -0.15) is 0 Å². The average Bonchev–Trinajstić information content (AvgIpc) is 2.75. The average molecular weight is 314 g/mol. The van der Waals surface area contributed by atoms with Crippen molar-refractivity contribution in [1.82, 2.24) is 9.55 Å². The first-order valence-electron chi connectivity index (χ1n) is 5.94. The van der Waals surface area contributed by atoms with Crippen molar-refractivity contribution in [3.05, 3.63) is 22.3 Å². The van der Waals surface area contributed by atoms with Crippen molar-refractivity contribution in [3.8, 4) is 0 Å². The highest BCUT2D eigenvalue weighted by atomic mass is 79.9. The van der Waals surface area contributed by atoms with E-state index in [0.29, 0.717) is 18.1 Å². The van der Waals surface area contributed by atoms with Gasteiger partial charge in [-0.05, 0) is 48.8 Å². The first-order chi connectivity index (χ1) is 8.69. The summed E-state index contributed by atoms with van der Waals surface area (Å²) in [5.41, 5.74) is 0.435. The van der Waals surface area contributed by atoms with E-state index in [-0.39, 0.29) is 11.9 Å². The van der Waals surface area contributed by atoms with Gasteiger partial charge in [-0.1, -0.05) is 6.08 Å². The summed E-state index contributed by atoms with van der Waals surface area (Å²) in [5, 5.41) is 0. The van der Waals surface area contributed by atoms with Crippen LogP contribution in [-0.4, -0.2) is 22.9 Å². The quantitative estimate of drug-likeness (QED) is 0.872. The smallest absolute Gasteiger partial charge is 0.329 e. The Kier molecular flexibility index (Phi) is 4.19. The van der Waals surface area contributed by atoms with Gasteiger partial charge in [-0.15, -0.1) is 0 Å². The summed E-state index contributed by atoms with van der Waals surface area (Å²) in [6.45, 7) is 6.10. The van der Waals surface area contributed by atoms with Gasteiger partial charge in [0.1, 0.15) is 6.23 Å². The fourth-order valence-corrected chi connectivity index (χ4v) is 2.38. The zero-order valence-corrected chi connectivity index (χ0v) is 11.9. The molecule has 5 nitrogen and oxygen atoms in total. The molecule has 2 rings (SSSR count). The number of aromatic nitrogens is 2. The van der Waals surface area contributed by atoms with E-state index in [1.165, 1.54) is 0 Å². The molecule has 0 radical (unpaired) electrons. The Bertz CT molecular complexity index is 524. The number of nitrogens with zero attached hydrogens (tertiary/aromatic N) is 2. The highest BCUT2D eigenvalue weighted by molar-refractivity contribution is 9.15. The van der Waals surface area contributed by atoms with Crippen LogP contribution in [0.4, 0.5) is 5.82 Å². The van der Waals surface area contributed by atoms with Gasteiger partial charge in [-0.25, -0.2) is 14.4 Å². The maximum atomic E-state index is 12.0. The molecule has 1 unspecified atom stereocenters. The summed E-state index contributed by atoms with van der Waals surface area (Å²) in [5.74, 6) is 0.525. The zero-order chi connectivity index (χ0) is 13.1. The normalized spacial score (nSPS) is 21.0. The molecule has 2 heterocycles. The second-order valence-electron chi connectivity index (χ2n) is 4.11. The van der Waals surface area contributed by atoms with E-state index < -0.39 is 0 Å². The summed E-state index contributed by atoms with van der Waals surface area (Å²) in [6, 6.07) is 0. The molecule has 0 saturated carbocycles. The number of nitrogens with one attached hydrogen (secondary N) is 1. The van der Waals surface area contributed by atoms with Crippen molar-refractivity contribution in [2.45, 2.75) is 32.4 Å². The molecule has 1 aromatic rings. The zero-order valence-electron chi connectivity index (χ0n) is 10.3. The van der Waals surface area contributed by atoms with Crippen LogP contribution in [0.1, 0.15) is 38.1 Å². The lowest BCUT2D eigenvalue weighted by Gasteiger charge is -2.23. The number of halogens is 1. The van der Waals surface area contributed by atoms with Crippen LogP contribution in [0.2, 0.25) is 0 Å². The van der Waals surface area contributed by atoms with Crippen molar-refractivity contribution in [3.63, 3.8) is 0 Å². The standard InChI is InChI=1S/C12H16BrN3O2/c1-3-8(13)10-11(14-2)16(12(17)15-10)9-6-4-5-7-18-9/h3,9H,2,4-7H2,1H3,(H,15,17)/b8-3+. The van der Waals surface area contributed by atoms with Gasteiger partial charge in [0.15, 0.2) is 5.82 Å². The van der Waals surface area contributed by atoms with Gasteiger partial charge in [0.25, 0.3) is 0 Å². The van der Waals surface area contributed by atoms with E-state index in [4.69, 9.17) is 4.74 Å². The second kappa shape index (κ2) is 5.67. The fraction of sp³-hybridized carbons (Fsp3) is 0.500. The number of hydrogen-bond donors (Lipinski definition) is 1. The van der Waals surface area contributed by atoms with E-state index >= 15 is 0 Å². The number of hydrogen-bond acceptors (Lipinski definition) is 3. The number of allylic oxidation sites excluding steroid dienone is 1. The molecular weight excluding hydrogens is 298 g/mol. The monoisotopic (exact) mass is 313 g/mol. The number of imidazole rings is 1. The molecule has 0 bridgehead atoms. The number of rotatable bonds is 3. The highest BCUT2D eigenvalue weighted by Crippen LogP contribution is 2.32. The second-order valence-corrected chi connectivity index (χ2v) is 4.97. The number of H-pyrrole nitrogens is 1. The van der Waals surface area contributed by atoms with Crippen LogP contribution in [0.15, 0.2) is 15.9 Å². The minimum absolute atomic E-state index is 0.210. The lowest BCUT2D eigenvalue weighted by Crippen LogP contribution is -2.26. The Hall–Kier alpha value is -1.14. The van der Waals surface area contributed by atoms with Gasteiger partial charge in [0, 0.05) is 11.1 Å². The Labute approximate surface area is 114 Å². The van der Waals surface area contributed by atoms with E-state index in [2.05, 4.69) is 32.6 Å². The van der Waals surface area contributed by atoms with Crippen molar-refractivity contribution >= 4 is 32.9 Å². The van der Waals surface area contributed by atoms with Crippen LogP contribution < -0.4 is 5.69 Å². The largest absolute Gasteiger partial charge is 0.358 e. The Morgan fingerprint density at radius 1 is 1.67 bits per heavy atom. The lowest BCUT2D eigenvalue weighted by molar-refractivity contribution is -0.0327. The molecule has 0 aliphatic carbocycles. The fourth-order valence-electron chi connectivity index (χ4n) is 2.10.